The Bertz CT molecular complexity index is 304. The SMILES string of the molecule is COc1cccc(CNCC(C)CCCl)c1. The molecule has 90 valence electrons. The van der Waals surface area contributed by atoms with E-state index in [1.165, 1.54) is 5.56 Å². The fourth-order valence-corrected chi connectivity index (χ4v) is 1.91. The van der Waals surface area contributed by atoms with Gasteiger partial charge in [-0.25, -0.2) is 0 Å². The molecule has 1 atom stereocenters. The van der Waals surface area contributed by atoms with Crippen LogP contribution in [0.5, 0.6) is 5.75 Å². The van der Waals surface area contributed by atoms with Crippen LogP contribution in [0.3, 0.4) is 0 Å². The van der Waals surface area contributed by atoms with Crippen molar-refractivity contribution in [2.24, 2.45) is 5.92 Å². The molecule has 0 spiro atoms. The minimum atomic E-state index is 0.628. The van der Waals surface area contributed by atoms with Crippen molar-refractivity contribution in [1.82, 2.24) is 5.32 Å². The third-order valence-corrected chi connectivity index (χ3v) is 2.78. The summed E-state index contributed by atoms with van der Waals surface area (Å²) in [6.45, 7) is 4.09. The van der Waals surface area contributed by atoms with Gasteiger partial charge in [0.1, 0.15) is 5.75 Å². The van der Waals surface area contributed by atoms with E-state index < -0.39 is 0 Å². The maximum absolute atomic E-state index is 5.69. The second-order valence-electron chi connectivity index (χ2n) is 4.07. The van der Waals surface area contributed by atoms with Crippen LogP contribution in [0.2, 0.25) is 0 Å². The summed E-state index contributed by atoms with van der Waals surface area (Å²) in [6, 6.07) is 8.12. The molecule has 0 fully saturated rings. The zero-order valence-corrected chi connectivity index (χ0v) is 10.8. The fourth-order valence-electron chi connectivity index (χ4n) is 1.53. The largest absolute Gasteiger partial charge is 0.497 e. The van der Waals surface area contributed by atoms with Gasteiger partial charge in [0, 0.05) is 12.4 Å². The van der Waals surface area contributed by atoms with Crippen molar-refractivity contribution >= 4 is 11.6 Å². The first-order valence-electron chi connectivity index (χ1n) is 5.66. The maximum atomic E-state index is 5.69. The first-order chi connectivity index (χ1) is 7.76. The molecule has 0 aliphatic rings. The summed E-state index contributed by atoms with van der Waals surface area (Å²) in [5.41, 5.74) is 1.25. The molecule has 3 heteroatoms. The van der Waals surface area contributed by atoms with Crippen LogP contribution in [0.15, 0.2) is 24.3 Å². The Labute approximate surface area is 103 Å². The number of hydrogen-bond acceptors (Lipinski definition) is 2. The van der Waals surface area contributed by atoms with Crippen LogP contribution >= 0.6 is 11.6 Å². The van der Waals surface area contributed by atoms with Crippen LogP contribution < -0.4 is 10.1 Å². The molecule has 0 saturated carbocycles. The van der Waals surface area contributed by atoms with Gasteiger partial charge >= 0.3 is 0 Å². The summed E-state index contributed by atoms with van der Waals surface area (Å²) >= 11 is 5.69. The Morgan fingerprint density at radius 1 is 1.44 bits per heavy atom. The van der Waals surface area contributed by atoms with Crippen molar-refractivity contribution in [3.05, 3.63) is 29.8 Å². The molecule has 1 unspecified atom stereocenters. The van der Waals surface area contributed by atoms with Gasteiger partial charge in [-0.05, 0) is 36.6 Å². The molecule has 2 nitrogen and oxygen atoms in total. The first-order valence-corrected chi connectivity index (χ1v) is 6.19. The van der Waals surface area contributed by atoms with E-state index in [0.717, 1.165) is 31.1 Å². The van der Waals surface area contributed by atoms with E-state index in [9.17, 15) is 0 Å². The number of ether oxygens (including phenoxy) is 1. The third kappa shape index (κ3) is 4.86. The second kappa shape index (κ2) is 7.53. The minimum absolute atomic E-state index is 0.628. The minimum Gasteiger partial charge on any atom is -0.497 e. The van der Waals surface area contributed by atoms with Crippen molar-refractivity contribution < 1.29 is 4.74 Å². The number of halogens is 1. The summed E-state index contributed by atoms with van der Waals surface area (Å²) in [5, 5.41) is 3.42. The van der Waals surface area contributed by atoms with Crippen LogP contribution in [-0.2, 0) is 6.54 Å². The predicted molar refractivity (Wildman–Crippen MR) is 69.2 cm³/mol. The topological polar surface area (TPSA) is 21.3 Å². The van der Waals surface area contributed by atoms with E-state index in [1.807, 2.05) is 12.1 Å². The van der Waals surface area contributed by atoms with Gasteiger partial charge in [-0.2, -0.15) is 0 Å². The molecule has 0 amide bonds. The van der Waals surface area contributed by atoms with Gasteiger partial charge in [0.05, 0.1) is 7.11 Å². The van der Waals surface area contributed by atoms with E-state index in [-0.39, 0.29) is 0 Å². The van der Waals surface area contributed by atoms with Gasteiger partial charge in [0.2, 0.25) is 0 Å². The summed E-state index contributed by atoms with van der Waals surface area (Å²) in [5.74, 6) is 2.28. The Hall–Kier alpha value is -0.730. The molecular weight excluding hydrogens is 222 g/mol. The average Bonchev–Trinajstić information content (AvgIpc) is 2.30. The number of hydrogen-bond donors (Lipinski definition) is 1. The number of alkyl halides is 1. The van der Waals surface area contributed by atoms with Crippen molar-refractivity contribution in [2.75, 3.05) is 19.5 Å². The van der Waals surface area contributed by atoms with Crippen molar-refractivity contribution in [2.45, 2.75) is 19.9 Å². The van der Waals surface area contributed by atoms with Crippen LogP contribution in [-0.4, -0.2) is 19.5 Å². The quantitative estimate of drug-likeness (QED) is 0.741. The molecule has 0 saturated heterocycles. The van der Waals surface area contributed by atoms with E-state index >= 15 is 0 Å². The van der Waals surface area contributed by atoms with Crippen molar-refractivity contribution in [3.8, 4) is 5.75 Å². The molecular formula is C13H20ClNO. The van der Waals surface area contributed by atoms with E-state index in [1.54, 1.807) is 7.11 Å². The van der Waals surface area contributed by atoms with Gasteiger partial charge in [-0.3, -0.25) is 0 Å². The number of benzene rings is 1. The molecule has 0 heterocycles. The summed E-state index contributed by atoms with van der Waals surface area (Å²) < 4.78 is 5.18. The molecule has 0 bridgehead atoms. The number of methoxy groups -OCH3 is 1. The van der Waals surface area contributed by atoms with Gasteiger partial charge in [-0.15, -0.1) is 11.6 Å². The molecule has 1 aromatic carbocycles. The summed E-state index contributed by atoms with van der Waals surface area (Å²) in [7, 11) is 1.69. The zero-order valence-electron chi connectivity index (χ0n) is 10.0. The van der Waals surface area contributed by atoms with Gasteiger partial charge in [0.25, 0.3) is 0 Å². The highest BCUT2D eigenvalue weighted by Gasteiger charge is 2.01. The smallest absolute Gasteiger partial charge is 0.119 e. The monoisotopic (exact) mass is 241 g/mol. The number of rotatable bonds is 7. The number of nitrogens with one attached hydrogen (secondary N) is 1. The molecule has 1 rings (SSSR count). The lowest BCUT2D eigenvalue weighted by Gasteiger charge is -2.11. The molecule has 16 heavy (non-hydrogen) atoms. The standard InChI is InChI=1S/C13H20ClNO/c1-11(6-7-14)9-15-10-12-4-3-5-13(8-12)16-2/h3-5,8,11,15H,6-7,9-10H2,1-2H3. The molecule has 0 aromatic heterocycles. The Morgan fingerprint density at radius 2 is 2.25 bits per heavy atom. The summed E-state index contributed by atoms with van der Waals surface area (Å²) in [6.07, 6.45) is 1.06. The normalized spacial score (nSPS) is 12.4. The molecule has 0 radical (unpaired) electrons. The van der Waals surface area contributed by atoms with Gasteiger partial charge in [0.15, 0.2) is 0 Å². The molecule has 0 aliphatic carbocycles. The van der Waals surface area contributed by atoms with E-state index in [4.69, 9.17) is 16.3 Å². The van der Waals surface area contributed by atoms with Crippen molar-refractivity contribution in [3.63, 3.8) is 0 Å². The van der Waals surface area contributed by atoms with Crippen LogP contribution in [0, 0.1) is 5.92 Å². The Balaban J connectivity index is 2.31. The maximum Gasteiger partial charge on any atom is 0.119 e. The fraction of sp³-hybridized carbons (Fsp3) is 0.538. The summed E-state index contributed by atoms with van der Waals surface area (Å²) in [4.78, 5) is 0. The second-order valence-corrected chi connectivity index (χ2v) is 4.44. The van der Waals surface area contributed by atoms with Crippen LogP contribution in [0.4, 0.5) is 0 Å². The molecule has 1 N–H and O–H groups in total. The van der Waals surface area contributed by atoms with E-state index in [2.05, 4.69) is 24.4 Å². The first kappa shape index (κ1) is 13.3. The predicted octanol–water partition coefficient (Wildman–Crippen LogP) is 3.05. The van der Waals surface area contributed by atoms with Gasteiger partial charge in [-0.1, -0.05) is 19.1 Å². The highest BCUT2D eigenvalue weighted by molar-refractivity contribution is 6.17. The van der Waals surface area contributed by atoms with Crippen molar-refractivity contribution in [1.29, 1.82) is 0 Å². The highest BCUT2D eigenvalue weighted by Crippen LogP contribution is 2.12. The zero-order chi connectivity index (χ0) is 11.8. The lowest BCUT2D eigenvalue weighted by Crippen LogP contribution is -2.20. The molecule has 0 aliphatic heterocycles. The molecule has 1 aromatic rings. The average molecular weight is 242 g/mol. The highest BCUT2D eigenvalue weighted by atomic mass is 35.5. The lowest BCUT2D eigenvalue weighted by atomic mass is 10.1. The van der Waals surface area contributed by atoms with Crippen LogP contribution in [0.25, 0.3) is 0 Å². The Kier molecular flexibility index (Phi) is 6.27. The van der Waals surface area contributed by atoms with Gasteiger partial charge < -0.3 is 10.1 Å². The van der Waals surface area contributed by atoms with Crippen LogP contribution in [0.1, 0.15) is 18.9 Å². The lowest BCUT2D eigenvalue weighted by molar-refractivity contribution is 0.414. The Morgan fingerprint density at radius 3 is 2.94 bits per heavy atom. The van der Waals surface area contributed by atoms with E-state index in [0.29, 0.717) is 5.92 Å². The third-order valence-electron chi connectivity index (χ3n) is 2.56.